The number of carbonyl (C=O) groups excluding carboxylic acids is 3. The van der Waals surface area contributed by atoms with Gasteiger partial charge in [-0.1, -0.05) is 52.4 Å². The molecular formula is C35H58N7O8P. The van der Waals surface area contributed by atoms with Crippen LogP contribution in [0.25, 0.3) is 11.2 Å². The number of hydrogen-bond donors (Lipinski definition) is 3. The highest BCUT2D eigenvalue weighted by molar-refractivity contribution is 7.59. The molecule has 2 aromatic heterocycles. The van der Waals surface area contributed by atoms with Crippen molar-refractivity contribution >= 4 is 42.3 Å². The van der Waals surface area contributed by atoms with Crippen LogP contribution >= 0.6 is 7.44 Å². The van der Waals surface area contributed by atoms with E-state index in [1.807, 2.05) is 13.8 Å². The van der Waals surface area contributed by atoms with Gasteiger partial charge in [0.2, 0.25) is 7.44 Å². The van der Waals surface area contributed by atoms with Gasteiger partial charge in [0.15, 0.2) is 11.5 Å². The summed E-state index contributed by atoms with van der Waals surface area (Å²) in [6.07, 6.45) is 10.0. The second kappa shape index (κ2) is 19.4. The topological polar surface area (TPSA) is 185 Å². The zero-order chi connectivity index (χ0) is 37.7. The first kappa shape index (κ1) is 42.0. The van der Waals surface area contributed by atoms with Crippen molar-refractivity contribution in [2.45, 2.75) is 137 Å². The Balaban J connectivity index is 1.71. The van der Waals surface area contributed by atoms with Crippen molar-refractivity contribution in [3.05, 3.63) is 24.0 Å². The maximum atomic E-state index is 14.6. The Bertz CT molecular complexity index is 1510. The number of cyclic esters (lactones) is 1. The molecule has 0 spiro atoms. The predicted octanol–water partition coefficient (Wildman–Crippen LogP) is 6.00. The third kappa shape index (κ3) is 13.0. The number of esters is 3. The molecule has 0 aromatic carbocycles. The molecule has 1 atom stereocenters. The zero-order valence-electron chi connectivity index (χ0n) is 31.6. The lowest BCUT2D eigenvalue weighted by atomic mass is 10.1. The van der Waals surface area contributed by atoms with E-state index < -0.39 is 36.6 Å². The normalized spacial score (nSPS) is 14.5. The van der Waals surface area contributed by atoms with E-state index in [2.05, 4.69) is 44.3 Å². The van der Waals surface area contributed by atoms with Gasteiger partial charge in [-0.2, -0.15) is 0 Å². The van der Waals surface area contributed by atoms with Gasteiger partial charge < -0.3 is 28.8 Å². The van der Waals surface area contributed by atoms with Crippen LogP contribution < -0.4 is 15.5 Å². The molecule has 2 aromatic rings. The van der Waals surface area contributed by atoms with Gasteiger partial charge in [0.25, 0.3) is 0 Å². The minimum absolute atomic E-state index is 0.260. The Kier molecular flexibility index (Phi) is 16.0. The summed E-state index contributed by atoms with van der Waals surface area (Å²) in [6, 6.07) is 0. The van der Waals surface area contributed by atoms with Crippen LogP contribution in [0.15, 0.2) is 24.0 Å². The molecule has 0 bridgehead atoms. The van der Waals surface area contributed by atoms with Crippen molar-refractivity contribution in [3.63, 3.8) is 0 Å². The van der Waals surface area contributed by atoms with Crippen LogP contribution in [0.5, 0.6) is 0 Å². The number of imidazole rings is 1. The molecular weight excluding hydrogens is 677 g/mol. The molecule has 1 aliphatic heterocycles. The summed E-state index contributed by atoms with van der Waals surface area (Å²) >= 11 is 0. The number of unbranched alkanes of at least 4 members (excludes halogenated alkanes) is 6. The number of hydrogen-bond acceptors (Lipinski definition) is 12. The van der Waals surface area contributed by atoms with Gasteiger partial charge in [-0.25, -0.2) is 25.1 Å². The van der Waals surface area contributed by atoms with Crippen LogP contribution in [-0.2, 0) is 44.4 Å². The van der Waals surface area contributed by atoms with E-state index in [-0.39, 0.29) is 38.5 Å². The van der Waals surface area contributed by atoms with Crippen LogP contribution in [0, 0.1) is 0 Å². The second-order valence-electron chi connectivity index (χ2n) is 14.2. The van der Waals surface area contributed by atoms with Crippen LogP contribution in [-0.4, -0.2) is 80.7 Å². The number of carbonyl (C=O) groups is 3. The quantitative estimate of drug-likeness (QED) is 0.0494. The Morgan fingerprint density at radius 1 is 0.941 bits per heavy atom. The van der Waals surface area contributed by atoms with Crippen LogP contribution in [0.3, 0.4) is 0 Å². The van der Waals surface area contributed by atoms with Crippen molar-refractivity contribution in [2.75, 3.05) is 31.4 Å². The average Bonchev–Trinajstić information content (AvgIpc) is 3.62. The maximum absolute atomic E-state index is 14.6. The van der Waals surface area contributed by atoms with Gasteiger partial charge in [0.1, 0.15) is 35.0 Å². The first-order valence-corrected chi connectivity index (χ1v) is 19.9. The summed E-state index contributed by atoms with van der Waals surface area (Å²) in [4.78, 5) is 51.1. The number of nitrogens with zero attached hydrogens (tertiary/aromatic N) is 4. The third-order valence-electron chi connectivity index (χ3n) is 8.34. The average molecular weight is 736 g/mol. The fraction of sp³-hybridized carbons (Fsp3) is 0.714. The number of ether oxygens (including phenoxy) is 4. The summed E-state index contributed by atoms with van der Waals surface area (Å²) in [5.74, 6) is -0.360. The predicted molar refractivity (Wildman–Crippen MR) is 195 cm³/mol. The van der Waals surface area contributed by atoms with Gasteiger partial charge >= 0.3 is 17.9 Å². The van der Waals surface area contributed by atoms with E-state index in [0.717, 1.165) is 56.9 Å². The Morgan fingerprint density at radius 3 is 2.06 bits per heavy atom. The highest BCUT2D eigenvalue weighted by atomic mass is 31.2. The Hall–Kier alpha value is -3.39. The summed E-state index contributed by atoms with van der Waals surface area (Å²) < 4.78 is 38.9. The number of anilines is 1. The van der Waals surface area contributed by atoms with E-state index >= 15 is 0 Å². The molecule has 51 heavy (non-hydrogen) atoms. The minimum Gasteiger partial charge on any atom is -0.464 e. The van der Waals surface area contributed by atoms with Gasteiger partial charge in [0, 0.05) is 0 Å². The van der Waals surface area contributed by atoms with Crippen molar-refractivity contribution < 1.29 is 37.9 Å². The number of nitrogens with one attached hydrogen (secondary N) is 3. The molecule has 0 unspecified atom stereocenters. The minimum atomic E-state index is -3.82. The van der Waals surface area contributed by atoms with Crippen LogP contribution in [0.2, 0.25) is 0 Å². The first-order valence-electron chi connectivity index (χ1n) is 18.0. The lowest BCUT2D eigenvalue weighted by Gasteiger charge is -2.35. The van der Waals surface area contributed by atoms with Gasteiger partial charge in [-0.3, -0.25) is 18.9 Å². The molecule has 1 aliphatic rings. The van der Waals surface area contributed by atoms with E-state index in [4.69, 9.17) is 18.9 Å². The van der Waals surface area contributed by atoms with Crippen molar-refractivity contribution in [1.29, 1.82) is 0 Å². The number of aromatic nitrogens is 4. The molecule has 0 saturated carbocycles. The summed E-state index contributed by atoms with van der Waals surface area (Å²) in [7, 11) is -3.82. The van der Waals surface area contributed by atoms with Gasteiger partial charge in [-0.15, -0.1) is 0 Å². The van der Waals surface area contributed by atoms with E-state index in [1.54, 1.807) is 38.6 Å². The first-order chi connectivity index (χ1) is 24.1. The molecule has 15 nitrogen and oxygen atoms in total. The van der Waals surface area contributed by atoms with Crippen LogP contribution in [0.1, 0.15) is 113 Å². The molecule has 3 N–H and O–H groups in total. The molecule has 286 valence electrons. The standard InChI is InChI=1S/C35H58N7O8P/c1-9-11-13-15-17-47-32(44)34(5,6)40-51(46,41-35(7,8)33(45)48-18-16-14-12-10-2)24-49-26(4)21-42-23-39-29-30(37-22-38-31(29)42)36-20-27-25(3)19-28(43)50-27/h22-23,26H,9-21,24H2,1-8H3,(H,36,37,38)(H2,40,41,46)/t26-/m1/s1. The summed E-state index contributed by atoms with van der Waals surface area (Å²) in [5, 5.41) is 9.10. The lowest BCUT2D eigenvalue weighted by Crippen LogP contribution is -2.54. The van der Waals surface area contributed by atoms with Crippen molar-refractivity contribution in [1.82, 2.24) is 29.7 Å². The van der Waals surface area contributed by atoms with Crippen LogP contribution in [0.4, 0.5) is 5.82 Å². The molecule has 0 radical (unpaired) electrons. The third-order valence-corrected chi connectivity index (χ3v) is 10.7. The zero-order valence-corrected chi connectivity index (χ0v) is 32.5. The molecule has 3 rings (SSSR count). The monoisotopic (exact) mass is 735 g/mol. The second-order valence-corrected chi connectivity index (χ2v) is 16.4. The Morgan fingerprint density at radius 2 is 1.53 bits per heavy atom. The van der Waals surface area contributed by atoms with Gasteiger partial charge in [-0.05, 0) is 60.0 Å². The van der Waals surface area contributed by atoms with Crippen molar-refractivity contribution in [2.24, 2.45) is 0 Å². The summed E-state index contributed by atoms with van der Waals surface area (Å²) in [5.41, 5.74) is -0.812. The van der Waals surface area contributed by atoms with Gasteiger partial charge in [0.05, 0.1) is 45.2 Å². The van der Waals surface area contributed by atoms with E-state index in [1.165, 1.54) is 6.33 Å². The lowest BCUT2D eigenvalue weighted by molar-refractivity contribution is -0.149. The maximum Gasteiger partial charge on any atom is 0.326 e. The fourth-order valence-electron chi connectivity index (χ4n) is 5.47. The molecule has 0 amide bonds. The molecule has 3 heterocycles. The largest absolute Gasteiger partial charge is 0.464 e. The molecule has 0 saturated heterocycles. The smallest absolute Gasteiger partial charge is 0.326 e. The fourth-order valence-corrected chi connectivity index (χ4v) is 8.11. The highest BCUT2D eigenvalue weighted by Gasteiger charge is 2.43. The molecule has 16 heteroatoms. The summed E-state index contributed by atoms with van der Waals surface area (Å²) in [6.45, 7) is 15.3. The number of rotatable bonds is 24. The highest BCUT2D eigenvalue weighted by Crippen LogP contribution is 2.42. The van der Waals surface area contributed by atoms with Crippen molar-refractivity contribution in [3.8, 4) is 0 Å². The molecule has 0 aliphatic carbocycles. The Labute approximate surface area is 301 Å². The number of fused-ring (bicyclic) bond motifs is 1. The SMILES string of the molecule is CCCCCCOC(=O)C(C)(C)NP(=O)(CO[C@H](C)Cn1cnc2c(NCC3=C(C)CC(=O)O3)ncnc21)NC(C)(C)C(=O)OCCCCCC. The molecule has 0 fully saturated rings. The van der Waals surface area contributed by atoms with E-state index in [0.29, 0.717) is 29.3 Å². The van der Waals surface area contributed by atoms with E-state index in [9.17, 15) is 18.9 Å².